The first-order valence-corrected chi connectivity index (χ1v) is 28.3. The summed E-state index contributed by atoms with van der Waals surface area (Å²) in [4.78, 5) is 51.5. The van der Waals surface area contributed by atoms with Crippen LogP contribution in [-0.2, 0) is 19.2 Å². The Bertz CT molecular complexity index is 1870. The normalized spacial score (nSPS) is 13.6. The number of hydrogen-bond acceptors (Lipinski definition) is 13. The van der Waals surface area contributed by atoms with Crippen molar-refractivity contribution in [2.75, 3.05) is 24.6 Å². The lowest BCUT2D eigenvalue weighted by Gasteiger charge is -2.32. The number of rotatable bonds is 34. The van der Waals surface area contributed by atoms with Crippen LogP contribution in [-0.4, -0.2) is 92.5 Å². The highest BCUT2D eigenvalue weighted by Crippen LogP contribution is 2.41. The van der Waals surface area contributed by atoms with Gasteiger partial charge in [-0.3, -0.25) is 19.2 Å². The van der Waals surface area contributed by atoms with Gasteiger partial charge in [-0.15, -0.1) is 72.9 Å². The number of aliphatic hydroxyl groups excluding tert-OH is 2. The number of nitriles is 1. The first-order chi connectivity index (χ1) is 33.0. The number of nitrogens with one attached hydrogen (secondary N) is 2. The van der Waals surface area contributed by atoms with E-state index in [9.17, 15) is 29.5 Å². The SMILES string of the molecule is C#CCCCCCCCSC(=S)SC(C)(C#N)CCC(=O)CCC#C.C=C(C)C(=O)NCC(C)O.[C-]#[N+]C(C)(CCC(=O)CCC#C)CC(C)(SC(=S)SCCCCCCCC#C)C(=O)NCC(C)O. The van der Waals surface area contributed by atoms with Crippen molar-refractivity contribution in [2.45, 2.75) is 204 Å². The predicted octanol–water partition coefficient (Wildman–Crippen LogP) is 11.6. The number of thioether (sulfide) groups is 4. The van der Waals surface area contributed by atoms with E-state index in [-0.39, 0.29) is 49.3 Å². The Morgan fingerprint density at radius 3 is 1.51 bits per heavy atom. The lowest BCUT2D eigenvalue weighted by atomic mass is 9.84. The van der Waals surface area contributed by atoms with E-state index in [0.717, 1.165) is 72.8 Å². The van der Waals surface area contributed by atoms with Crippen LogP contribution in [0.2, 0.25) is 0 Å². The Morgan fingerprint density at radius 1 is 0.686 bits per heavy atom. The van der Waals surface area contributed by atoms with Gasteiger partial charge >= 0.3 is 0 Å². The molecule has 0 heterocycles. The molecular weight excluding hydrogens is 993 g/mol. The van der Waals surface area contributed by atoms with Crippen molar-refractivity contribution in [3.63, 3.8) is 0 Å². The minimum Gasteiger partial charge on any atom is -0.392 e. The molecule has 0 aliphatic heterocycles. The number of terminal acetylenes is 4. The summed E-state index contributed by atoms with van der Waals surface area (Å²) in [7, 11) is 0. The van der Waals surface area contributed by atoms with E-state index in [1.54, 1.807) is 58.1 Å². The molecule has 0 saturated heterocycles. The number of ketones is 2. The predicted molar refractivity (Wildman–Crippen MR) is 309 cm³/mol. The van der Waals surface area contributed by atoms with E-state index >= 15 is 0 Å². The van der Waals surface area contributed by atoms with Crippen LogP contribution in [0.15, 0.2) is 12.2 Å². The third-order valence-electron chi connectivity index (χ3n) is 10.1. The van der Waals surface area contributed by atoms with Crippen LogP contribution in [0, 0.1) is 67.3 Å². The Balaban J connectivity index is -0.00000111. The molecule has 0 aromatic heterocycles. The lowest BCUT2D eigenvalue weighted by molar-refractivity contribution is -0.124. The minimum atomic E-state index is -1.00. The number of carbonyl (C=O) groups excluding carboxylic acids is 4. The average molecular weight is 1070 g/mol. The molecule has 0 bridgehead atoms. The van der Waals surface area contributed by atoms with E-state index in [2.05, 4.69) is 51.8 Å². The molecule has 5 unspecified atom stereocenters. The fourth-order valence-corrected chi connectivity index (χ4v) is 12.2. The number of nitrogens with zero attached hydrogens (tertiary/aromatic N) is 2. The maximum absolute atomic E-state index is 13.2. The number of carbonyl (C=O) groups is 4. The average Bonchev–Trinajstić information content (AvgIpc) is 3.31. The smallest absolute Gasteiger partial charge is 0.246 e. The largest absolute Gasteiger partial charge is 0.392 e. The van der Waals surface area contributed by atoms with Gasteiger partial charge in [0.15, 0.2) is 0 Å². The number of hydrogen-bond donors (Lipinski definition) is 4. The molecule has 0 aliphatic carbocycles. The van der Waals surface area contributed by atoms with Crippen LogP contribution in [0.1, 0.15) is 176 Å². The summed E-state index contributed by atoms with van der Waals surface area (Å²) in [6.45, 7) is 21.9. The molecule has 70 heavy (non-hydrogen) atoms. The molecule has 16 heteroatoms. The molecule has 0 aromatic rings. The molecule has 0 fully saturated rings. The quantitative estimate of drug-likeness (QED) is 0.0159. The van der Waals surface area contributed by atoms with Gasteiger partial charge in [0.05, 0.1) is 18.3 Å². The fourth-order valence-electron chi connectivity index (χ4n) is 5.94. The molecule has 5 atom stereocenters. The maximum Gasteiger partial charge on any atom is 0.246 e. The van der Waals surface area contributed by atoms with Crippen LogP contribution in [0.3, 0.4) is 0 Å². The minimum absolute atomic E-state index is 0.0242. The van der Waals surface area contributed by atoms with Gasteiger partial charge in [-0.1, -0.05) is 93.1 Å². The van der Waals surface area contributed by atoms with Gasteiger partial charge in [0, 0.05) is 89.8 Å². The highest BCUT2D eigenvalue weighted by molar-refractivity contribution is 8.48. The van der Waals surface area contributed by atoms with Gasteiger partial charge < -0.3 is 25.7 Å². The first-order valence-electron chi connectivity index (χ1n) is 23.9. The van der Waals surface area contributed by atoms with Gasteiger partial charge in [-0.05, 0) is 78.2 Å². The number of thiocarbonyl (C=S) groups is 2. The van der Waals surface area contributed by atoms with Crippen molar-refractivity contribution in [3.05, 3.63) is 23.6 Å². The van der Waals surface area contributed by atoms with Crippen molar-refractivity contribution < 1.29 is 29.4 Å². The third kappa shape index (κ3) is 42.4. The van der Waals surface area contributed by atoms with E-state index < -0.39 is 27.2 Å². The van der Waals surface area contributed by atoms with E-state index in [4.69, 9.17) is 61.8 Å². The molecule has 0 aliphatic rings. The number of unbranched alkanes of at least 4 members (excludes halogenated alkanes) is 10. The molecule has 10 nitrogen and oxygen atoms in total. The Hall–Kier alpha value is -3.26. The second-order valence-electron chi connectivity index (χ2n) is 17.6. The zero-order valence-corrected chi connectivity index (χ0v) is 47.6. The number of aliphatic hydroxyl groups is 2. The van der Waals surface area contributed by atoms with Crippen molar-refractivity contribution in [2.24, 2.45) is 0 Å². The highest BCUT2D eigenvalue weighted by Gasteiger charge is 2.46. The maximum atomic E-state index is 13.2. The molecule has 0 aromatic carbocycles. The molecule has 0 rings (SSSR count). The number of Topliss-reactive ketones (excluding diaryl/α,β-unsaturated/α-hetero) is 2. The monoisotopic (exact) mass is 1070 g/mol. The molecular formula is C54H80N4O6S6. The zero-order valence-electron chi connectivity index (χ0n) is 42.7. The molecule has 388 valence electrons. The summed E-state index contributed by atoms with van der Waals surface area (Å²) in [6, 6.07) is 2.30. The first kappa shape index (κ1) is 71.0. The number of amides is 2. The molecule has 0 radical (unpaired) electrons. The van der Waals surface area contributed by atoms with Gasteiger partial charge in [-0.2, -0.15) is 5.26 Å². The summed E-state index contributed by atoms with van der Waals surface area (Å²) in [5, 5.41) is 33.1. The van der Waals surface area contributed by atoms with Gasteiger partial charge in [0.2, 0.25) is 17.4 Å². The van der Waals surface area contributed by atoms with Crippen molar-refractivity contribution in [3.8, 4) is 55.4 Å². The van der Waals surface area contributed by atoms with E-state index in [0.29, 0.717) is 54.0 Å². The lowest BCUT2D eigenvalue weighted by Crippen LogP contribution is -2.48. The van der Waals surface area contributed by atoms with Crippen LogP contribution in [0.5, 0.6) is 0 Å². The molecule has 0 spiro atoms. The zero-order chi connectivity index (χ0) is 53.9. The van der Waals surface area contributed by atoms with E-state index in [1.807, 2.05) is 6.92 Å². The van der Waals surface area contributed by atoms with Crippen LogP contribution in [0.25, 0.3) is 4.85 Å². The van der Waals surface area contributed by atoms with E-state index in [1.165, 1.54) is 42.8 Å². The molecule has 2 amide bonds. The van der Waals surface area contributed by atoms with Crippen LogP contribution in [0.4, 0.5) is 0 Å². The summed E-state index contributed by atoms with van der Waals surface area (Å²) in [5.74, 6) is 11.8. The second-order valence-corrected chi connectivity index (χ2v) is 25.2. The summed E-state index contributed by atoms with van der Waals surface area (Å²) in [6.07, 6.45) is 36.0. The Labute approximate surface area is 451 Å². The molecule has 0 saturated carbocycles. The van der Waals surface area contributed by atoms with Crippen LogP contribution >= 0.6 is 71.5 Å². The summed E-state index contributed by atoms with van der Waals surface area (Å²) >= 11 is 16.9. The fraction of sp³-hybridized carbons (Fsp3) is 0.667. The third-order valence-corrected chi connectivity index (χ3v) is 15.8. The van der Waals surface area contributed by atoms with Crippen LogP contribution < -0.4 is 10.6 Å². The Morgan fingerprint density at radius 2 is 1.10 bits per heavy atom. The van der Waals surface area contributed by atoms with Gasteiger partial charge in [0.1, 0.15) is 28.1 Å². The Kier molecular flexibility index (Phi) is 45.1. The van der Waals surface area contributed by atoms with Crippen molar-refractivity contribution >= 4 is 102 Å². The standard InChI is InChI=1S/C27H40N2O3S3.C20H27NOS3.C7H13NO2/c1-7-9-11-12-13-14-15-19-34-25(33)35-27(5,24(32)29-20-22(3)30)21-26(4,28-6)18-17-23(31)16-10-8-2;1-4-6-8-9-10-11-12-16-24-19(23)25-20(3,17-21)15-14-18(22)13-7-5-2;1-5(2)7(10)8-4-6(3)9/h1-2,22,30H,9-21H2,3-5H3,(H,29,32);1-2H,6-16H2,3H3;6,9H,1,4H2,2-3H3,(H,8,10). The second kappa shape index (κ2) is 44.4. The molecule has 4 N–H and O–H groups in total. The van der Waals surface area contributed by atoms with Gasteiger partial charge in [0.25, 0.3) is 0 Å². The van der Waals surface area contributed by atoms with Crippen molar-refractivity contribution in [1.29, 1.82) is 5.26 Å². The topological polar surface area (TPSA) is 161 Å². The van der Waals surface area contributed by atoms with Crippen molar-refractivity contribution in [1.82, 2.24) is 10.6 Å². The summed E-state index contributed by atoms with van der Waals surface area (Å²) in [5.41, 5.74) is -0.449. The van der Waals surface area contributed by atoms with Gasteiger partial charge in [-0.25, -0.2) is 6.57 Å². The summed E-state index contributed by atoms with van der Waals surface area (Å²) < 4.78 is -0.211. The highest BCUT2D eigenvalue weighted by atomic mass is 32.2.